The minimum Gasteiger partial charge on any atom is -0.456 e. The van der Waals surface area contributed by atoms with E-state index in [9.17, 15) is 9.59 Å². The largest absolute Gasteiger partial charge is 0.456 e. The molecule has 0 aliphatic heterocycles. The van der Waals surface area contributed by atoms with Crippen molar-refractivity contribution < 1.29 is 28.5 Å². The van der Waals surface area contributed by atoms with Gasteiger partial charge in [0, 0.05) is 36.9 Å². The van der Waals surface area contributed by atoms with Crippen LogP contribution in [-0.4, -0.2) is 49.6 Å². The number of hydrogen-bond acceptors (Lipinski definition) is 6. The van der Waals surface area contributed by atoms with E-state index in [0.29, 0.717) is 55.1 Å². The molecule has 48 heavy (non-hydrogen) atoms. The standard InChI is InChI=1S/C42H64O6/c1-3-5-7-45-25-41(33-12-27-9-28(14-33)15-34(41)13-27)47-37(43)39-20-31-11-32(21-39)23-40(22-31,24-39)38(44)48-42(26-46-8-6-4-2)35-16-29-10-30(18-35)19-36(42)17-29/h27-36H,3-26H2,1-2H3. The Balaban J connectivity index is 0.973. The number of ether oxygens (including phenoxy) is 4. The van der Waals surface area contributed by atoms with Crippen LogP contribution in [0.15, 0.2) is 0 Å². The van der Waals surface area contributed by atoms with Crippen LogP contribution in [0.3, 0.4) is 0 Å². The molecule has 12 aliphatic rings. The molecular weight excluding hydrogens is 600 g/mol. The van der Waals surface area contributed by atoms with E-state index in [2.05, 4.69) is 13.8 Å². The fraction of sp³-hybridized carbons (Fsp3) is 0.952. The average Bonchev–Trinajstić information content (AvgIpc) is 3.04. The van der Waals surface area contributed by atoms with Gasteiger partial charge < -0.3 is 18.9 Å². The molecule has 12 rings (SSSR count). The van der Waals surface area contributed by atoms with Crippen LogP contribution in [-0.2, 0) is 28.5 Å². The molecule has 12 fully saturated rings. The number of hydrogen-bond donors (Lipinski definition) is 0. The Morgan fingerprint density at radius 3 is 1.17 bits per heavy atom. The van der Waals surface area contributed by atoms with Crippen molar-refractivity contribution in [3.63, 3.8) is 0 Å². The predicted octanol–water partition coefficient (Wildman–Crippen LogP) is 8.68. The summed E-state index contributed by atoms with van der Waals surface area (Å²) >= 11 is 0. The van der Waals surface area contributed by atoms with Gasteiger partial charge in [0.2, 0.25) is 0 Å². The smallest absolute Gasteiger partial charge is 0.312 e. The maximum absolute atomic E-state index is 15.0. The van der Waals surface area contributed by atoms with E-state index in [0.717, 1.165) is 94.7 Å². The van der Waals surface area contributed by atoms with E-state index in [1.54, 1.807) is 0 Å². The first-order valence-corrected chi connectivity index (χ1v) is 20.9. The number of rotatable bonds is 14. The lowest BCUT2D eigenvalue weighted by Gasteiger charge is -2.63. The third-order valence-electron chi connectivity index (χ3n) is 16.5. The fourth-order valence-electron chi connectivity index (χ4n) is 15.1. The first-order chi connectivity index (χ1) is 23.3. The van der Waals surface area contributed by atoms with Crippen LogP contribution in [0.2, 0.25) is 0 Å². The number of carbonyl (C=O) groups excluding carboxylic acids is 2. The summed E-state index contributed by atoms with van der Waals surface area (Å²) in [6.07, 6.45) is 22.0. The van der Waals surface area contributed by atoms with E-state index in [1.165, 1.54) is 64.2 Å². The van der Waals surface area contributed by atoms with Gasteiger partial charge in [0.15, 0.2) is 0 Å². The topological polar surface area (TPSA) is 71.1 Å². The van der Waals surface area contributed by atoms with Crippen LogP contribution in [0.4, 0.5) is 0 Å². The van der Waals surface area contributed by atoms with Crippen molar-refractivity contribution in [2.24, 2.45) is 70.0 Å². The zero-order chi connectivity index (χ0) is 32.7. The van der Waals surface area contributed by atoms with Gasteiger partial charge in [-0.15, -0.1) is 0 Å². The molecule has 0 atom stereocenters. The Hall–Kier alpha value is -1.14. The summed E-state index contributed by atoms with van der Waals surface area (Å²) in [7, 11) is 0. The van der Waals surface area contributed by atoms with Crippen molar-refractivity contribution in [1.82, 2.24) is 0 Å². The zero-order valence-electron chi connectivity index (χ0n) is 30.2. The summed E-state index contributed by atoms with van der Waals surface area (Å²) < 4.78 is 27.0. The molecular formula is C42H64O6. The van der Waals surface area contributed by atoms with Crippen LogP contribution in [0.1, 0.15) is 142 Å². The second kappa shape index (κ2) is 12.2. The monoisotopic (exact) mass is 664 g/mol. The third-order valence-corrected chi connectivity index (χ3v) is 16.5. The van der Waals surface area contributed by atoms with Gasteiger partial charge in [0.05, 0.1) is 24.0 Å². The van der Waals surface area contributed by atoms with Crippen LogP contribution in [0, 0.1) is 70.0 Å². The number of esters is 2. The van der Waals surface area contributed by atoms with E-state index in [1.807, 2.05) is 0 Å². The molecule has 6 nitrogen and oxygen atoms in total. The van der Waals surface area contributed by atoms with Crippen LogP contribution in [0.25, 0.3) is 0 Å². The highest BCUT2D eigenvalue weighted by Gasteiger charge is 2.68. The zero-order valence-corrected chi connectivity index (χ0v) is 30.2. The molecule has 6 heteroatoms. The average molecular weight is 665 g/mol. The molecule has 0 saturated heterocycles. The van der Waals surface area contributed by atoms with Gasteiger partial charge in [0.25, 0.3) is 0 Å². The molecule has 0 aromatic carbocycles. The Bertz CT molecular complexity index is 1080. The summed E-state index contributed by atoms with van der Waals surface area (Å²) in [6.45, 7) is 7.05. The summed E-state index contributed by atoms with van der Waals surface area (Å²) in [6, 6.07) is 0. The van der Waals surface area contributed by atoms with Gasteiger partial charge in [-0.1, -0.05) is 26.7 Å². The molecule has 0 aromatic rings. The molecule has 0 aromatic heterocycles. The lowest BCUT2D eigenvalue weighted by molar-refractivity contribution is -0.253. The van der Waals surface area contributed by atoms with Crippen LogP contribution in [0.5, 0.6) is 0 Å². The third kappa shape index (κ3) is 5.20. The van der Waals surface area contributed by atoms with E-state index < -0.39 is 22.0 Å². The lowest BCUT2D eigenvalue weighted by atomic mass is 9.44. The molecule has 268 valence electrons. The molecule has 12 bridgehead atoms. The highest BCUT2D eigenvalue weighted by atomic mass is 16.6. The second-order valence-electron chi connectivity index (χ2n) is 19.6. The summed E-state index contributed by atoms with van der Waals surface area (Å²) in [5.74, 6) is 5.79. The Morgan fingerprint density at radius 1 is 0.500 bits per heavy atom. The van der Waals surface area contributed by atoms with Crippen molar-refractivity contribution in [2.75, 3.05) is 26.4 Å². The highest BCUT2D eigenvalue weighted by Crippen LogP contribution is 2.68. The van der Waals surface area contributed by atoms with Gasteiger partial charge in [-0.3, -0.25) is 9.59 Å². The summed E-state index contributed by atoms with van der Waals surface area (Å²) in [4.78, 5) is 29.9. The SMILES string of the molecule is CCCCOCC1(OC(=O)C23CC4CC(C2)CC(C(=O)OC2(COCCCC)C5CC6CC(C5)CC2C6)(C4)C3)C2CC3CC(C2)CC1C3. The maximum Gasteiger partial charge on any atom is 0.312 e. The van der Waals surface area contributed by atoms with Gasteiger partial charge in [-0.25, -0.2) is 0 Å². The predicted molar refractivity (Wildman–Crippen MR) is 183 cm³/mol. The number of carbonyl (C=O) groups is 2. The molecule has 0 unspecified atom stereocenters. The molecule has 0 amide bonds. The van der Waals surface area contributed by atoms with Crippen molar-refractivity contribution in [1.29, 1.82) is 0 Å². The van der Waals surface area contributed by atoms with Crippen LogP contribution >= 0.6 is 0 Å². The highest BCUT2D eigenvalue weighted by molar-refractivity contribution is 5.83. The van der Waals surface area contributed by atoms with E-state index >= 15 is 0 Å². The molecule has 0 radical (unpaired) electrons. The van der Waals surface area contributed by atoms with Crippen molar-refractivity contribution in [3.05, 3.63) is 0 Å². The Kier molecular flexibility index (Phi) is 8.35. The first kappa shape index (κ1) is 32.7. The van der Waals surface area contributed by atoms with Crippen molar-refractivity contribution in [2.45, 2.75) is 153 Å². The minimum atomic E-state index is -0.553. The van der Waals surface area contributed by atoms with Crippen molar-refractivity contribution >= 4 is 11.9 Å². The van der Waals surface area contributed by atoms with Crippen LogP contribution < -0.4 is 0 Å². The Morgan fingerprint density at radius 2 is 0.833 bits per heavy atom. The minimum absolute atomic E-state index is 0.0209. The molecule has 0 heterocycles. The number of unbranched alkanes of at least 4 members (excludes halogenated alkanes) is 2. The normalized spacial score (nSPS) is 50.3. The van der Waals surface area contributed by atoms with Crippen molar-refractivity contribution in [3.8, 4) is 0 Å². The van der Waals surface area contributed by atoms with E-state index in [4.69, 9.17) is 18.9 Å². The Labute approximate surface area is 289 Å². The summed E-state index contributed by atoms with van der Waals surface area (Å²) in [5.41, 5.74) is -2.06. The molecule has 0 N–H and O–H groups in total. The molecule has 12 aliphatic carbocycles. The molecule has 0 spiro atoms. The quantitative estimate of drug-likeness (QED) is 0.137. The van der Waals surface area contributed by atoms with E-state index in [-0.39, 0.29) is 11.9 Å². The summed E-state index contributed by atoms with van der Waals surface area (Å²) in [5, 5.41) is 0. The maximum atomic E-state index is 15.0. The van der Waals surface area contributed by atoms with Gasteiger partial charge >= 0.3 is 11.9 Å². The fourth-order valence-corrected chi connectivity index (χ4v) is 15.1. The first-order valence-electron chi connectivity index (χ1n) is 20.9. The van der Waals surface area contributed by atoms with Gasteiger partial charge in [-0.05, 0) is 151 Å². The van der Waals surface area contributed by atoms with Gasteiger partial charge in [0.1, 0.15) is 11.2 Å². The second-order valence-corrected chi connectivity index (χ2v) is 19.6. The molecule has 12 saturated carbocycles. The van der Waals surface area contributed by atoms with Gasteiger partial charge in [-0.2, -0.15) is 0 Å². The lowest BCUT2D eigenvalue weighted by Crippen LogP contribution is -2.66.